The first-order valence-corrected chi connectivity index (χ1v) is 9.58. The molecule has 28 heavy (non-hydrogen) atoms. The summed E-state index contributed by atoms with van der Waals surface area (Å²) in [5.74, 6) is -0.421. The molecule has 4 aromatic rings. The lowest BCUT2D eigenvalue weighted by Gasteiger charge is -2.10. The summed E-state index contributed by atoms with van der Waals surface area (Å²) in [4.78, 5) is 17.9. The van der Waals surface area contributed by atoms with Crippen LogP contribution in [0.25, 0.3) is 23.1 Å². The number of aryl methyl sites for hydroxylation is 1. The number of H-pyrrole nitrogens is 1. The minimum absolute atomic E-state index is 0.421. The molecule has 6 heteroatoms. The van der Waals surface area contributed by atoms with E-state index in [-0.39, 0.29) is 0 Å². The summed E-state index contributed by atoms with van der Waals surface area (Å²) in [5, 5.41) is 8.50. The van der Waals surface area contributed by atoms with E-state index in [4.69, 9.17) is 5.73 Å². The van der Waals surface area contributed by atoms with Gasteiger partial charge in [0.05, 0.1) is 22.5 Å². The Kier molecular flexibility index (Phi) is 4.95. The molecule has 2 aromatic carbocycles. The molecule has 0 aliphatic carbocycles. The number of hydrogen-bond donors (Lipinski definition) is 2. The number of hydrogen-bond acceptors (Lipinski definition) is 4. The highest BCUT2D eigenvalue weighted by Gasteiger charge is 2.13. The van der Waals surface area contributed by atoms with Gasteiger partial charge in [-0.3, -0.25) is 14.9 Å². The van der Waals surface area contributed by atoms with Gasteiger partial charge < -0.3 is 5.73 Å². The van der Waals surface area contributed by atoms with Gasteiger partial charge in [-0.25, -0.2) is 0 Å². The quantitative estimate of drug-likeness (QED) is 0.521. The van der Waals surface area contributed by atoms with Gasteiger partial charge in [0.1, 0.15) is 0 Å². The summed E-state index contributed by atoms with van der Waals surface area (Å²) >= 11 is 1.53. The molecule has 5 nitrogen and oxygen atoms in total. The molecule has 0 aliphatic heterocycles. The van der Waals surface area contributed by atoms with Crippen LogP contribution in [0.1, 0.15) is 27.3 Å². The van der Waals surface area contributed by atoms with Crippen molar-refractivity contribution in [3.8, 4) is 0 Å². The zero-order valence-electron chi connectivity index (χ0n) is 15.2. The topological polar surface area (TPSA) is 84.7 Å². The molecular formula is C22H18N4OS. The van der Waals surface area contributed by atoms with Gasteiger partial charge in [0.25, 0.3) is 0 Å². The van der Waals surface area contributed by atoms with Gasteiger partial charge in [-0.1, -0.05) is 30.0 Å². The fourth-order valence-electron chi connectivity index (χ4n) is 2.95. The van der Waals surface area contributed by atoms with Crippen molar-refractivity contribution in [2.45, 2.75) is 16.7 Å². The average Bonchev–Trinajstić information content (AvgIpc) is 3.11. The number of benzene rings is 2. The number of nitrogens with one attached hydrogen (secondary N) is 1. The van der Waals surface area contributed by atoms with Crippen LogP contribution in [0, 0.1) is 6.92 Å². The summed E-state index contributed by atoms with van der Waals surface area (Å²) < 4.78 is 0. The first-order chi connectivity index (χ1) is 13.6. The predicted octanol–water partition coefficient (Wildman–Crippen LogP) is 4.69. The fourth-order valence-corrected chi connectivity index (χ4v) is 4.01. The van der Waals surface area contributed by atoms with Crippen molar-refractivity contribution in [2.75, 3.05) is 0 Å². The summed E-state index contributed by atoms with van der Waals surface area (Å²) in [5.41, 5.74) is 9.75. The second-order valence-electron chi connectivity index (χ2n) is 6.32. The van der Waals surface area contributed by atoms with Gasteiger partial charge in [0.2, 0.25) is 5.91 Å². The summed E-state index contributed by atoms with van der Waals surface area (Å²) in [7, 11) is 0. The maximum atomic E-state index is 11.7. The van der Waals surface area contributed by atoms with Gasteiger partial charge in [-0.15, -0.1) is 0 Å². The van der Waals surface area contributed by atoms with E-state index in [9.17, 15) is 4.79 Å². The molecule has 0 aliphatic rings. The third-order valence-corrected chi connectivity index (χ3v) is 5.60. The Balaban J connectivity index is 1.64. The number of carbonyl (C=O) groups excluding carboxylic acids is 1. The first-order valence-electron chi connectivity index (χ1n) is 8.76. The van der Waals surface area contributed by atoms with Gasteiger partial charge in [-0.05, 0) is 61.0 Å². The number of aromatic amines is 1. The lowest BCUT2D eigenvalue weighted by Crippen LogP contribution is -2.12. The van der Waals surface area contributed by atoms with Crippen LogP contribution in [-0.4, -0.2) is 21.1 Å². The van der Waals surface area contributed by atoms with Crippen molar-refractivity contribution in [2.24, 2.45) is 5.73 Å². The molecule has 0 unspecified atom stereocenters. The average molecular weight is 386 g/mol. The molecule has 0 radical (unpaired) electrons. The van der Waals surface area contributed by atoms with Crippen molar-refractivity contribution in [3.05, 3.63) is 83.3 Å². The number of nitrogens with two attached hydrogens (primary N) is 1. The number of fused-ring (bicyclic) bond motifs is 1. The van der Waals surface area contributed by atoms with Gasteiger partial charge in [-0.2, -0.15) is 5.10 Å². The molecule has 138 valence electrons. The highest BCUT2D eigenvalue weighted by Crippen LogP contribution is 2.34. The number of aromatic nitrogens is 3. The molecule has 0 spiro atoms. The Hall–Kier alpha value is -3.38. The van der Waals surface area contributed by atoms with Gasteiger partial charge in [0, 0.05) is 21.4 Å². The largest absolute Gasteiger partial charge is 0.366 e. The van der Waals surface area contributed by atoms with Crippen LogP contribution in [0.2, 0.25) is 0 Å². The van der Waals surface area contributed by atoms with E-state index in [1.807, 2.05) is 67.6 Å². The summed E-state index contributed by atoms with van der Waals surface area (Å²) in [6, 6.07) is 17.4. The zero-order chi connectivity index (χ0) is 19.5. The smallest absolute Gasteiger partial charge is 0.249 e. The lowest BCUT2D eigenvalue weighted by atomic mass is 10.1. The van der Waals surface area contributed by atoms with E-state index in [1.54, 1.807) is 12.3 Å². The number of nitrogens with zero attached hydrogens (tertiary/aromatic N) is 2. The lowest BCUT2D eigenvalue weighted by molar-refractivity contribution is 0.0997. The first kappa shape index (κ1) is 18.0. The van der Waals surface area contributed by atoms with Crippen molar-refractivity contribution in [1.82, 2.24) is 15.2 Å². The standard InChI is InChI=1S/C22H18N4OS/c1-14-5-4-7-18(22(23)27)21(14)28-16-9-10-17-19(25-26-20(17)13-16)11-8-15-6-2-3-12-24-15/h2-13H,1H3,(H2,23,27)(H,25,26)/b11-8+. The highest BCUT2D eigenvalue weighted by molar-refractivity contribution is 7.99. The Morgan fingerprint density at radius 2 is 2.00 bits per heavy atom. The van der Waals surface area contributed by atoms with Crippen molar-refractivity contribution >= 4 is 40.7 Å². The molecule has 0 saturated carbocycles. The molecular weight excluding hydrogens is 368 g/mol. The summed E-state index contributed by atoms with van der Waals surface area (Å²) in [6.45, 7) is 1.98. The van der Waals surface area contributed by atoms with E-state index >= 15 is 0 Å². The van der Waals surface area contributed by atoms with Crippen molar-refractivity contribution in [1.29, 1.82) is 0 Å². The van der Waals surface area contributed by atoms with Gasteiger partial charge in [0.15, 0.2) is 0 Å². The van der Waals surface area contributed by atoms with Gasteiger partial charge >= 0.3 is 0 Å². The predicted molar refractivity (Wildman–Crippen MR) is 113 cm³/mol. The Bertz CT molecular complexity index is 1180. The van der Waals surface area contributed by atoms with Crippen LogP contribution in [0.15, 0.2) is 70.6 Å². The second kappa shape index (κ2) is 7.70. The van der Waals surface area contributed by atoms with E-state index < -0.39 is 5.91 Å². The molecule has 0 atom stereocenters. The molecule has 0 bridgehead atoms. The van der Waals surface area contributed by atoms with Crippen LogP contribution < -0.4 is 5.73 Å². The number of primary amides is 1. The van der Waals surface area contributed by atoms with E-state index in [1.165, 1.54) is 11.8 Å². The molecule has 3 N–H and O–H groups in total. The minimum Gasteiger partial charge on any atom is -0.366 e. The van der Waals surface area contributed by atoms with E-state index in [0.717, 1.165) is 37.6 Å². The zero-order valence-corrected chi connectivity index (χ0v) is 16.0. The normalized spacial score (nSPS) is 11.3. The molecule has 2 heterocycles. The molecule has 0 fully saturated rings. The Morgan fingerprint density at radius 3 is 2.79 bits per heavy atom. The molecule has 0 saturated heterocycles. The van der Waals surface area contributed by atoms with Crippen LogP contribution in [-0.2, 0) is 0 Å². The number of pyridine rings is 1. The highest BCUT2D eigenvalue weighted by atomic mass is 32.2. The minimum atomic E-state index is -0.421. The molecule has 4 rings (SSSR count). The third-order valence-electron chi connectivity index (χ3n) is 4.36. The Labute approximate surface area is 166 Å². The fraction of sp³-hybridized carbons (Fsp3) is 0.0455. The Morgan fingerprint density at radius 1 is 1.11 bits per heavy atom. The van der Waals surface area contributed by atoms with Crippen LogP contribution in [0.3, 0.4) is 0 Å². The monoisotopic (exact) mass is 386 g/mol. The summed E-state index contributed by atoms with van der Waals surface area (Å²) in [6.07, 6.45) is 5.64. The van der Waals surface area contributed by atoms with Crippen LogP contribution in [0.5, 0.6) is 0 Å². The van der Waals surface area contributed by atoms with Crippen molar-refractivity contribution < 1.29 is 4.79 Å². The molecule has 1 amide bonds. The van der Waals surface area contributed by atoms with E-state index in [2.05, 4.69) is 15.2 Å². The maximum absolute atomic E-state index is 11.7. The second-order valence-corrected chi connectivity index (χ2v) is 7.41. The van der Waals surface area contributed by atoms with Crippen molar-refractivity contribution in [3.63, 3.8) is 0 Å². The number of carbonyl (C=O) groups is 1. The van der Waals surface area contributed by atoms with Crippen LogP contribution in [0.4, 0.5) is 0 Å². The SMILES string of the molecule is Cc1cccc(C(N)=O)c1Sc1ccc2c(/C=C/c3ccccn3)n[nH]c2c1. The number of amides is 1. The van der Waals surface area contributed by atoms with Crippen LogP contribution >= 0.6 is 11.8 Å². The third kappa shape index (κ3) is 3.68. The number of rotatable bonds is 5. The maximum Gasteiger partial charge on any atom is 0.249 e. The van der Waals surface area contributed by atoms with E-state index in [0.29, 0.717) is 5.56 Å². The molecule has 2 aromatic heterocycles.